The van der Waals surface area contributed by atoms with Gasteiger partial charge in [0.15, 0.2) is 5.69 Å². The predicted molar refractivity (Wildman–Crippen MR) is 170 cm³/mol. The van der Waals surface area contributed by atoms with E-state index in [2.05, 4.69) is 70.6 Å². The molecule has 5 aromatic carbocycles. The smallest absolute Gasteiger partial charge is 0.234 e. The highest BCUT2D eigenvalue weighted by Gasteiger charge is 2.19. The summed E-state index contributed by atoms with van der Waals surface area (Å²) in [4.78, 5) is 8.57. The molecule has 7 heteroatoms. The lowest BCUT2D eigenvalue weighted by Gasteiger charge is -2.05. The Morgan fingerprint density at radius 1 is 0.605 bits per heavy atom. The topological polar surface area (TPSA) is 99.6 Å². The van der Waals surface area contributed by atoms with Crippen LogP contribution in [0.2, 0.25) is 0 Å². The van der Waals surface area contributed by atoms with E-state index in [1.807, 2.05) is 48.5 Å². The fourth-order valence-electron chi connectivity index (χ4n) is 6.15. The standard InChI is InChI=1S/C36H16N4O2S/c37-17-27-36-34(40-32(18-38)39-27)26-16-19(12-14-31(26)43-36)21-6-4-10-30-33(21)24-8-3-7-22(35(24)42-30)20-11-13-29-25(15-20)23-5-1-2-9-28(23)41-29/h1-16H. The molecule has 0 N–H and O–H groups in total. The minimum Gasteiger partial charge on any atom is -0.456 e. The summed E-state index contributed by atoms with van der Waals surface area (Å²) in [5.74, 6) is -0.00813. The average Bonchev–Trinajstić information content (AvgIpc) is 3.74. The second-order valence-electron chi connectivity index (χ2n) is 10.4. The Kier molecular flexibility index (Phi) is 4.81. The van der Waals surface area contributed by atoms with Gasteiger partial charge in [0.05, 0.1) is 10.2 Å². The van der Waals surface area contributed by atoms with E-state index in [4.69, 9.17) is 8.83 Å². The number of benzene rings is 5. The number of thiophene rings is 1. The van der Waals surface area contributed by atoms with Gasteiger partial charge in [-0.25, -0.2) is 9.97 Å². The largest absolute Gasteiger partial charge is 0.456 e. The lowest BCUT2D eigenvalue weighted by molar-refractivity contribution is 0.668. The van der Waals surface area contributed by atoms with Crippen molar-refractivity contribution in [1.29, 1.82) is 10.5 Å². The van der Waals surface area contributed by atoms with Crippen molar-refractivity contribution in [3.8, 4) is 34.4 Å². The lowest BCUT2D eigenvalue weighted by Crippen LogP contribution is -1.92. The summed E-state index contributed by atoms with van der Waals surface area (Å²) < 4.78 is 14.3. The van der Waals surface area contributed by atoms with Crippen LogP contribution in [0, 0.1) is 22.7 Å². The van der Waals surface area contributed by atoms with Crippen molar-refractivity contribution in [2.45, 2.75) is 0 Å². The Labute approximate surface area is 247 Å². The molecule has 0 atom stereocenters. The number of hydrogen-bond donors (Lipinski definition) is 0. The number of hydrogen-bond acceptors (Lipinski definition) is 7. The maximum Gasteiger partial charge on any atom is 0.234 e. The maximum absolute atomic E-state index is 9.64. The minimum atomic E-state index is -0.00813. The lowest BCUT2D eigenvalue weighted by atomic mass is 9.96. The fourth-order valence-corrected chi connectivity index (χ4v) is 7.21. The molecule has 0 bridgehead atoms. The average molecular weight is 569 g/mol. The molecular formula is C36H16N4O2S. The van der Waals surface area contributed by atoms with Gasteiger partial charge >= 0.3 is 0 Å². The van der Waals surface area contributed by atoms with Crippen molar-refractivity contribution >= 4 is 75.5 Å². The van der Waals surface area contributed by atoms with Crippen molar-refractivity contribution in [3.05, 3.63) is 109 Å². The van der Waals surface area contributed by atoms with Gasteiger partial charge in [-0.05, 0) is 53.1 Å². The van der Waals surface area contributed by atoms with Crippen molar-refractivity contribution in [2.75, 3.05) is 0 Å². The number of para-hydroxylation sites is 2. The minimum absolute atomic E-state index is 0.00813. The van der Waals surface area contributed by atoms with Gasteiger partial charge in [-0.15, -0.1) is 11.3 Å². The highest BCUT2D eigenvalue weighted by Crippen LogP contribution is 2.43. The molecular weight excluding hydrogens is 552 g/mol. The Hall–Kier alpha value is -6.02. The van der Waals surface area contributed by atoms with Gasteiger partial charge in [0.25, 0.3) is 0 Å². The van der Waals surface area contributed by atoms with Crippen molar-refractivity contribution in [3.63, 3.8) is 0 Å². The molecule has 9 aromatic rings. The van der Waals surface area contributed by atoms with E-state index in [-0.39, 0.29) is 11.5 Å². The third kappa shape index (κ3) is 3.37. The van der Waals surface area contributed by atoms with Gasteiger partial charge in [-0.3, -0.25) is 0 Å². The number of rotatable bonds is 2. The first-order chi connectivity index (χ1) is 21.2. The van der Waals surface area contributed by atoms with E-state index in [1.165, 1.54) is 11.3 Å². The van der Waals surface area contributed by atoms with E-state index in [0.717, 1.165) is 76.2 Å². The normalized spacial score (nSPS) is 11.7. The predicted octanol–water partition coefficient (Wildman–Crippen LogP) is 9.72. The molecule has 0 aliphatic carbocycles. The van der Waals surface area contributed by atoms with Gasteiger partial charge in [-0.1, -0.05) is 60.7 Å². The Bertz CT molecular complexity index is 2720. The highest BCUT2D eigenvalue weighted by molar-refractivity contribution is 7.26. The van der Waals surface area contributed by atoms with Gasteiger partial charge in [0.1, 0.15) is 34.5 Å². The third-order valence-electron chi connectivity index (χ3n) is 8.04. The summed E-state index contributed by atoms with van der Waals surface area (Å²) >= 11 is 1.46. The van der Waals surface area contributed by atoms with Gasteiger partial charge in [-0.2, -0.15) is 10.5 Å². The molecule has 43 heavy (non-hydrogen) atoms. The van der Waals surface area contributed by atoms with Gasteiger partial charge in [0, 0.05) is 37.2 Å². The number of nitriles is 2. The zero-order valence-corrected chi connectivity index (χ0v) is 23.1. The molecule has 0 unspecified atom stereocenters. The molecule has 9 rings (SSSR count). The van der Waals surface area contributed by atoms with Crippen LogP contribution in [-0.2, 0) is 0 Å². The summed E-state index contributed by atoms with van der Waals surface area (Å²) in [5, 5.41) is 24.2. The fraction of sp³-hybridized carbons (Fsp3) is 0. The first kappa shape index (κ1) is 23.7. The van der Waals surface area contributed by atoms with E-state index in [9.17, 15) is 10.5 Å². The first-order valence-electron chi connectivity index (χ1n) is 13.6. The second-order valence-corrected chi connectivity index (χ2v) is 11.4. The molecule has 0 amide bonds. The number of aromatic nitrogens is 2. The first-order valence-corrected chi connectivity index (χ1v) is 14.4. The number of furan rings is 2. The maximum atomic E-state index is 9.64. The molecule has 0 spiro atoms. The molecule has 4 aromatic heterocycles. The van der Waals surface area contributed by atoms with Crippen molar-refractivity contribution in [1.82, 2.24) is 9.97 Å². The molecule has 0 fully saturated rings. The van der Waals surface area contributed by atoms with E-state index >= 15 is 0 Å². The molecule has 0 saturated heterocycles. The Balaban J connectivity index is 1.27. The molecule has 6 nitrogen and oxygen atoms in total. The highest BCUT2D eigenvalue weighted by atomic mass is 32.1. The van der Waals surface area contributed by atoms with E-state index in [1.54, 1.807) is 0 Å². The molecule has 198 valence electrons. The van der Waals surface area contributed by atoms with Gasteiger partial charge in [0.2, 0.25) is 5.82 Å². The van der Waals surface area contributed by atoms with Crippen molar-refractivity contribution < 1.29 is 8.83 Å². The van der Waals surface area contributed by atoms with Crippen molar-refractivity contribution in [2.24, 2.45) is 0 Å². The van der Waals surface area contributed by atoms with Crippen LogP contribution in [0.4, 0.5) is 0 Å². The summed E-state index contributed by atoms with van der Waals surface area (Å²) in [6.07, 6.45) is 0. The van der Waals surface area contributed by atoms with Crippen LogP contribution in [-0.4, -0.2) is 9.97 Å². The molecule has 0 aliphatic rings. The molecule has 4 heterocycles. The zero-order valence-electron chi connectivity index (χ0n) is 22.3. The Morgan fingerprint density at radius 2 is 1.35 bits per heavy atom. The van der Waals surface area contributed by atoms with E-state index in [0.29, 0.717) is 10.2 Å². The van der Waals surface area contributed by atoms with Gasteiger partial charge < -0.3 is 8.83 Å². The molecule has 0 radical (unpaired) electrons. The SMILES string of the molecule is N#Cc1nc(C#N)c2sc3ccc(-c4cccc5oc6c(-c7ccc8oc9ccccc9c8c7)cccc6c45)cc3c2n1. The second kappa shape index (κ2) is 8.74. The zero-order chi connectivity index (χ0) is 28.7. The van der Waals surface area contributed by atoms with Crippen LogP contribution in [0.5, 0.6) is 0 Å². The number of nitrogens with zero attached hydrogens (tertiary/aromatic N) is 4. The van der Waals surface area contributed by atoms with Crippen LogP contribution >= 0.6 is 11.3 Å². The molecule has 0 saturated carbocycles. The van der Waals surface area contributed by atoms with Crippen LogP contribution in [0.15, 0.2) is 106 Å². The summed E-state index contributed by atoms with van der Waals surface area (Å²) in [6.45, 7) is 0. The summed E-state index contributed by atoms with van der Waals surface area (Å²) in [6, 6.07) is 37.0. The van der Waals surface area contributed by atoms with Crippen LogP contribution in [0.1, 0.15) is 11.5 Å². The monoisotopic (exact) mass is 568 g/mol. The summed E-state index contributed by atoms with van der Waals surface area (Å²) in [5.41, 5.74) is 8.28. The summed E-state index contributed by atoms with van der Waals surface area (Å²) in [7, 11) is 0. The van der Waals surface area contributed by atoms with Crippen LogP contribution < -0.4 is 0 Å². The quantitative estimate of drug-likeness (QED) is 0.206. The third-order valence-corrected chi connectivity index (χ3v) is 9.21. The van der Waals surface area contributed by atoms with E-state index < -0.39 is 0 Å². The molecule has 0 aliphatic heterocycles. The van der Waals surface area contributed by atoms with Crippen LogP contribution in [0.3, 0.4) is 0 Å². The number of fused-ring (bicyclic) bond motifs is 9. The van der Waals surface area contributed by atoms with Crippen LogP contribution in [0.25, 0.3) is 86.4 Å². The Morgan fingerprint density at radius 3 is 2.26 bits per heavy atom.